The van der Waals surface area contributed by atoms with Crippen LogP contribution >= 0.6 is 0 Å². The van der Waals surface area contributed by atoms with Gasteiger partial charge in [-0.2, -0.15) is 0 Å². The Morgan fingerprint density at radius 3 is 2.69 bits per heavy atom. The SMILES string of the molecule is CCCN(CCn1cc(CN)nn1)C(C)C. The van der Waals surface area contributed by atoms with Crippen molar-refractivity contribution in [3.05, 3.63) is 11.9 Å². The Balaban J connectivity index is 2.42. The number of nitrogens with zero attached hydrogens (tertiary/aromatic N) is 4. The molecule has 16 heavy (non-hydrogen) atoms. The first-order valence-electron chi connectivity index (χ1n) is 6.00. The van der Waals surface area contributed by atoms with Gasteiger partial charge in [0, 0.05) is 25.3 Å². The fourth-order valence-electron chi connectivity index (χ4n) is 1.69. The molecule has 0 aliphatic rings. The minimum atomic E-state index is 0.461. The third-order valence-corrected chi connectivity index (χ3v) is 2.65. The van der Waals surface area contributed by atoms with Crippen molar-refractivity contribution < 1.29 is 0 Å². The maximum Gasteiger partial charge on any atom is 0.0962 e. The third kappa shape index (κ3) is 3.90. The van der Waals surface area contributed by atoms with E-state index >= 15 is 0 Å². The summed E-state index contributed by atoms with van der Waals surface area (Å²) < 4.78 is 1.87. The van der Waals surface area contributed by atoms with Crippen molar-refractivity contribution in [1.29, 1.82) is 0 Å². The highest BCUT2D eigenvalue weighted by atomic mass is 15.4. The van der Waals surface area contributed by atoms with Gasteiger partial charge in [0.05, 0.1) is 12.2 Å². The number of hydrogen-bond donors (Lipinski definition) is 1. The van der Waals surface area contributed by atoms with Crippen LogP contribution < -0.4 is 5.73 Å². The monoisotopic (exact) mass is 225 g/mol. The second kappa shape index (κ2) is 6.60. The second-order valence-corrected chi connectivity index (χ2v) is 4.31. The molecule has 5 nitrogen and oxygen atoms in total. The van der Waals surface area contributed by atoms with E-state index in [4.69, 9.17) is 5.73 Å². The third-order valence-electron chi connectivity index (χ3n) is 2.65. The molecule has 0 radical (unpaired) electrons. The molecular formula is C11H23N5. The van der Waals surface area contributed by atoms with E-state index in [9.17, 15) is 0 Å². The first kappa shape index (κ1) is 13.1. The van der Waals surface area contributed by atoms with Gasteiger partial charge < -0.3 is 5.73 Å². The summed E-state index contributed by atoms with van der Waals surface area (Å²) in [6.45, 7) is 10.1. The Hall–Kier alpha value is -0.940. The smallest absolute Gasteiger partial charge is 0.0962 e. The summed E-state index contributed by atoms with van der Waals surface area (Å²) in [4.78, 5) is 2.45. The minimum Gasteiger partial charge on any atom is -0.325 e. The van der Waals surface area contributed by atoms with Crippen LogP contribution in [0.5, 0.6) is 0 Å². The fraction of sp³-hybridized carbons (Fsp3) is 0.818. The quantitative estimate of drug-likeness (QED) is 0.747. The van der Waals surface area contributed by atoms with Crippen LogP contribution in [-0.4, -0.2) is 39.0 Å². The van der Waals surface area contributed by atoms with Gasteiger partial charge in [-0.05, 0) is 26.8 Å². The first-order valence-corrected chi connectivity index (χ1v) is 6.00. The van der Waals surface area contributed by atoms with Crippen molar-refractivity contribution in [1.82, 2.24) is 19.9 Å². The molecule has 1 rings (SSSR count). The lowest BCUT2D eigenvalue weighted by atomic mass is 10.3. The zero-order valence-electron chi connectivity index (χ0n) is 10.6. The zero-order chi connectivity index (χ0) is 12.0. The van der Waals surface area contributed by atoms with E-state index < -0.39 is 0 Å². The van der Waals surface area contributed by atoms with Crippen LogP contribution in [0.15, 0.2) is 6.20 Å². The maximum absolute atomic E-state index is 5.49. The van der Waals surface area contributed by atoms with Gasteiger partial charge >= 0.3 is 0 Å². The average Bonchev–Trinajstić information content (AvgIpc) is 2.71. The van der Waals surface area contributed by atoms with Crippen LogP contribution in [0.4, 0.5) is 0 Å². The van der Waals surface area contributed by atoms with Crippen molar-refractivity contribution in [3.63, 3.8) is 0 Å². The Morgan fingerprint density at radius 1 is 1.44 bits per heavy atom. The lowest BCUT2D eigenvalue weighted by Crippen LogP contribution is -2.34. The molecule has 1 heterocycles. The summed E-state index contributed by atoms with van der Waals surface area (Å²) in [5, 5.41) is 8.01. The Morgan fingerprint density at radius 2 is 2.19 bits per heavy atom. The predicted octanol–water partition coefficient (Wildman–Crippen LogP) is 0.857. The van der Waals surface area contributed by atoms with E-state index in [-0.39, 0.29) is 0 Å². The van der Waals surface area contributed by atoms with Crippen LogP contribution in [0, 0.1) is 0 Å². The second-order valence-electron chi connectivity index (χ2n) is 4.31. The van der Waals surface area contributed by atoms with E-state index in [2.05, 4.69) is 36.0 Å². The fourth-order valence-corrected chi connectivity index (χ4v) is 1.69. The van der Waals surface area contributed by atoms with Crippen LogP contribution in [-0.2, 0) is 13.1 Å². The van der Waals surface area contributed by atoms with Crippen molar-refractivity contribution in [3.8, 4) is 0 Å². The predicted molar refractivity (Wildman–Crippen MR) is 64.9 cm³/mol. The molecule has 0 amide bonds. The summed E-state index contributed by atoms with van der Waals surface area (Å²) in [7, 11) is 0. The standard InChI is InChI=1S/C11H23N5/c1-4-5-15(10(2)3)6-7-16-9-11(8-12)13-14-16/h9-10H,4-8,12H2,1-3H3. The van der Waals surface area contributed by atoms with E-state index in [0.717, 1.165) is 25.3 Å². The molecule has 1 aromatic heterocycles. The highest BCUT2D eigenvalue weighted by Gasteiger charge is 2.08. The molecule has 0 aliphatic heterocycles. The highest BCUT2D eigenvalue weighted by molar-refractivity contribution is 4.90. The van der Waals surface area contributed by atoms with Gasteiger partial charge in [0.25, 0.3) is 0 Å². The van der Waals surface area contributed by atoms with E-state index in [1.807, 2.05) is 10.9 Å². The van der Waals surface area contributed by atoms with Crippen LogP contribution in [0.1, 0.15) is 32.9 Å². The first-order chi connectivity index (χ1) is 7.67. The van der Waals surface area contributed by atoms with Crippen molar-refractivity contribution in [2.45, 2.75) is 46.3 Å². The van der Waals surface area contributed by atoms with Crippen LogP contribution in [0.25, 0.3) is 0 Å². The van der Waals surface area contributed by atoms with Crippen molar-refractivity contribution in [2.75, 3.05) is 13.1 Å². The molecule has 0 unspecified atom stereocenters. The topological polar surface area (TPSA) is 60.0 Å². The largest absolute Gasteiger partial charge is 0.325 e. The molecule has 0 bridgehead atoms. The lowest BCUT2D eigenvalue weighted by molar-refractivity contribution is 0.210. The van der Waals surface area contributed by atoms with Gasteiger partial charge in [-0.15, -0.1) is 5.10 Å². The zero-order valence-corrected chi connectivity index (χ0v) is 10.6. The summed E-state index contributed by atoms with van der Waals surface area (Å²) in [6, 6.07) is 0.581. The summed E-state index contributed by atoms with van der Waals surface area (Å²) >= 11 is 0. The number of aromatic nitrogens is 3. The minimum absolute atomic E-state index is 0.461. The van der Waals surface area contributed by atoms with Crippen LogP contribution in [0.2, 0.25) is 0 Å². The average molecular weight is 225 g/mol. The molecule has 5 heteroatoms. The van der Waals surface area contributed by atoms with E-state index in [1.54, 1.807) is 0 Å². The van der Waals surface area contributed by atoms with E-state index in [1.165, 1.54) is 6.42 Å². The lowest BCUT2D eigenvalue weighted by Gasteiger charge is -2.25. The normalized spacial score (nSPS) is 11.6. The van der Waals surface area contributed by atoms with Gasteiger partial charge in [-0.25, -0.2) is 0 Å². The van der Waals surface area contributed by atoms with Gasteiger partial charge in [-0.3, -0.25) is 9.58 Å². The molecule has 0 fully saturated rings. The molecule has 0 aromatic carbocycles. The molecule has 2 N–H and O–H groups in total. The molecule has 1 aromatic rings. The summed E-state index contributed by atoms with van der Waals surface area (Å²) in [5.41, 5.74) is 6.34. The highest BCUT2D eigenvalue weighted by Crippen LogP contribution is 2.00. The molecule has 0 saturated carbocycles. The molecule has 0 saturated heterocycles. The van der Waals surface area contributed by atoms with Gasteiger partial charge in [0.15, 0.2) is 0 Å². The summed E-state index contributed by atoms with van der Waals surface area (Å²) in [6.07, 6.45) is 3.11. The van der Waals surface area contributed by atoms with Crippen LogP contribution in [0.3, 0.4) is 0 Å². The van der Waals surface area contributed by atoms with Gasteiger partial charge in [0.1, 0.15) is 0 Å². The number of hydrogen-bond acceptors (Lipinski definition) is 4. The summed E-state index contributed by atoms with van der Waals surface area (Å²) in [5.74, 6) is 0. The maximum atomic E-state index is 5.49. The van der Waals surface area contributed by atoms with Gasteiger partial charge in [0.2, 0.25) is 0 Å². The molecular weight excluding hydrogens is 202 g/mol. The Labute approximate surface area is 97.6 Å². The van der Waals surface area contributed by atoms with Gasteiger partial charge in [-0.1, -0.05) is 12.1 Å². The molecule has 0 spiro atoms. The number of rotatable bonds is 7. The molecule has 92 valence electrons. The Kier molecular flexibility index (Phi) is 5.42. The van der Waals surface area contributed by atoms with Crippen molar-refractivity contribution >= 4 is 0 Å². The molecule has 0 atom stereocenters. The Bertz CT molecular complexity index is 294. The van der Waals surface area contributed by atoms with Crippen molar-refractivity contribution in [2.24, 2.45) is 5.73 Å². The van der Waals surface area contributed by atoms with E-state index in [0.29, 0.717) is 12.6 Å². The number of nitrogens with two attached hydrogens (primary N) is 1. The molecule has 0 aliphatic carbocycles.